The molecule has 3 aromatic carbocycles. The summed E-state index contributed by atoms with van der Waals surface area (Å²) in [7, 11) is 0. The zero-order chi connectivity index (χ0) is 25.2. The fourth-order valence-electron chi connectivity index (χ4n) is 4.56. The van der Waals surface area contributed by atoms with Gasteiger partial charge in [-0.1, -0.05) is 24.3 Å². The predicted octanol–water partition coefficient (Wildman–Crippen LogP) is 4.03. The highest BCUT2D eigenvalue weighted by Gasteiger charge is 2.21. The molecule has 0 spiro atoms. The van der Waals surface area contributed by atoms with Crippen LogP contribution in [0.25, 0.3) is 16.6 Å². The summed E-state index contributed by atoms with van der Waals surface area (Å²) in [6.07, 6.45) is 0.897. The Kier molecular flexibility index (Phi) is 6.30. The number of hydrogen-bond acceptors (Lipinski definition) is 7. The summed E-state index contributed by atoms with van der Waals surface area (Å²) in [6, 6.07) is 18.9. The van der Waals surface area contributed by atoms with E-state index < -0.39 is 16.5 Å². The molecular weight excluding hydrogens is 460 g/mol. The number of carbonyl (C=O) groups is 1. The van der Waals surface area contributed by atoms with E-state index in [0.29, 0.717) is 29.1 Å². The van der Waals surface area contributed by atoms with Gasteiger partial charge in [0.15, 0.2) is 0 Å². The van der Waals surface area contributed by atoms with Crippen LogP contribution in [-0.2, 0) is 24.2 Å². The Hall–Kier alpha value is -4.37. The number of nitro benzene ring substituents is 1. The van der Waals surface area contributed by atoms with Crippen molar-refractivity contribution in [2.24, 2.45) is 0 Å². The van der Waals surface area contributed by atoms with E-state index in [1.165, 1.54) is 33.9 Å². The largest absolute Gasteiger partial charge is 0.462 e. The van der Waals surface area contributed by atoms with E-state index in [9.17, 15) is 19.7 Å². The van der Waals surface area contributed by atoms with E-state index in [1.807, 2.05) is 12.1 Å². The predicted molar refractivity (Wildman–Crippen MR) is 134 cm³/mol. The van der Waals surface area contributed by atoms with Crippen LogP contribution in [0.2, 0.25) is 0 Å². The highest BCUT2D eigenvalue weighted by molar-refractivity contribution is 5.89. The number of non-ortho nitro benzene ring substituents is 1. The fourth-order valence-corrected chi connectivity index (χ4v) is 4.56. The molecule has 0 radical (unpaired) electrons. The quantitative estimate of drug-likeness (QED) is 0.231. The first-order valence-electron chi connectivity index (χ1n) is 11.7. The normalized spacial score (nSPS) is 13.4. The molecule has 5 rings (SSSR count). The van der Waals surface area contributed by atoms with Crippen LogP contribution in [0.1, 0.15) is 34.2 Å². The average molecular weight is 485 g/mol. The van der Waals surface area contributed by atoms with Gasteiger partial charge in [-0.3, -0.25) is 24.4 Å². The molecule has 9 heteroatoms. The molecule has 0 saturated heterocycles. The highest BCUT2D eigenvalue weighted by Crippen LogP contribution is 2.23. The molecule has 2 heterocycles. The molecule has 36 heavy (non-hydrogen) atoms. The van der Waals surface area contributed by atoms with E-state index >= 15 is 0 Å². The van der Waals surface area contributed by atoms with Crippen LogP contribution in [0.3, 0.4) is 0 Å². The van der Waals surface area contributed by atoms with Crippen molar-refractivity contribution in [2.45, 2.75) is 26.4 Å². The fraction of sp³-hybridized carbons (Fsp3) is 0.222. The van der Waals surface area contributed by atoms with Gasteiger partial charge in [0.2, 0.25) is 0 Å². The molecule has 0 fully saturated rings. The van der Waals surface area contributed by atoms with Crippen molar-refractivity contribution in [3.63, 3.8) is 0 Å². The molecule has 1 aliphatic rings. The zero-order valence-electron chi connectivity index (χ0n) is 19.7. The Morgan fingerprint density at radius 2 is 1.83 bits per heavy atom. The summed E-state index contributed by atoms with van der Waals surface area (Å²) in [6.45, 7) is 3.95. The minimum absolute atomic E-state index is 0.159. The molecule has 0 atom stereocenters. The molecule has 0 N–H and O–H groups in total. The first-order valence-corrected chi connectivity index (χ1v) is 11.7. The van der Waals surface area contributed by atoms with E-state index in [0.717, 1.165) is 19.5 Å². The number of ether oxygens (including phenoxy) is 1. The number of nitro groups is 1. The zero-order valence-corrected chi connectivity index (χ0v) is 19.7. The van der Waals surface area contributed by atoms with Gasteiger partial charge in [0.1, 0.15) is 5.82 Å². The molecule has 182 valence electrons. The van der Waals surface area contributed by atoms with Crippen LogP contribution in [-0.4, -0.2) is 38.5 Å². The molecule has 0 bridgehead atoms. The maximum absolute atomic E-state index is 13.7. The van der Waals surface area contributed by atoms with Gasteiger partial charge in [0, 0.05) is 25.2 Å². The van der Waals surface area contributed by atoms with Crippen molar-refractivity contribution in [2.75, 3.05) is 13.2 Å². The van der Waals surface area contributed by atoms with Gasteiger partial charge >= 0.3 is 5.97 Å². The lowest BCUT2D eigenvalue weighted by atomic mass is 10.00. The van der Waals surface area contributed by atoms with Gasteiger partial charge in [-0.2, -0.15) is 0 Å². The lowest BCUT2D eigenvalue weighted by Crippen LogP contribution is -2.34. The summed E-state index contributed by atoms with van der Waals surface area (Å²) in [5.41, 5.74) is 3.27. The molecule has 1 aromatic heterocycles. The number of esters is 1. The van der Waals surface area contributed by atoms with E-state index in [1.54, 1.807) is 31.2 Å². The Morgan fingerprint density at radius 1 is 1.08 bits per heavy atom. The van der Waals surface area contributed by atoms with Crippen LogP contribution >= 0.6 is 0 Å². The second kappa shape index (κ2) is 9.71. The number of hydrogen-bond donors (Lipinski definition) is 0. The van der Waals surface area contributed by atoms with Crippen molar-refractivity contribution in [1.82, 2.24) is 14.5 Å². The second-order valence-electron chi connectivity index (χ2n) is 8.62. The molecule has 0 saturated carbocycles. The Morgan fingerprint density at radius 3 is 2.56 bits per heavy atom. The van der Waals surface area contributed by atoms with E-state index in [4.69, 9.17) is 9.72 Å². The number of fused-ring (bicyclic) bond motifs is 2. The van der Waals surface area contributed by atoms with Crippen molar-refractivity contribution < 1.29 is 14.5 Å². The minimum atomic E-state index is -0.531. The van der Waals surface area contributed by atoms with E-state index in [-0.39, 0.29) is 17.7 Å². The van der Waals surface area contributed by atoms with Crippen LogP contribution in [0.15, 0.2) is 71.5 Å². The van der Waals surface area contributed by atoms with Gasteiger partial charge < -0.3 is 4.74 Å². The first-order chi connectivity index (χ1) is 17.4. The second-order valence-corrected chi connectivity index (χ2v) is 8.62. The summed E-state index contributed by atoms with van der Waals surface area (Å²) in [5.74, 6) is 0.0699. The smallest absolute Gasteiger partial charge is 0.338 e. The highest BCUT2D eigenvalue weighted by atomic mass is 16.6. The van der Waals surface area contributed by atoms with Crippen LogP contribution in [0.4, 0.5) is 5.69 Å². The Balaban J connectivity index is 1.59. The standard InChI is InChI=1S/C27H24N4O5/c1-2-36-27(33)19-7-9-21(10-8-19)30-25(17-29-14-13-18-5-3-4-6-20(18)16-29)28-24-12-11-22(31(34)35)15-23(24)26(30)32/h3-12,15H,2,13-14,16-17H2,1H3. The Labute approximate surface area is 206 Å². The summed E-state index contributed by atoms with van der Waals surface area (Å²) in [5, 5.41) is 11.5. The van der Waals surface area contributed by atoms with Crippen molar-refractivity contribution >= 4 is 22.6 Å². The van der Waals surface area contributed by atoms with Crippen molar-refractivity contribution in [3.8, 4) is 5.69 Å². The molecular formula is C27H24N4O5. The van der Waals surface area contributed by atoms with Crippen LogP contribution in [0, 0.1) is 10.1 Å². The molecule has 0 amide bonds. The van der Waals surface area contributed by atoms with Crippen molar-refractivity contribution in [3.05, 3.63) is 110 Å². The van der Waals surface area contributed by atoms with Crippen molar-refractivity contribution in [1.29, 1.82) is 0 Å². The number of benzene rings is 3. The van der Waals surface area contributed by atoms with Crippen LogP contribution in [0.5, 0.6) is 0 Å². The minimum Gasteiger partial charge on any atom is -0.462 e. The van der Waals surface area contributed by atoms with E-state index in [2.05, 4.69) is 17.0 Å². The number of rotatable bonds is 6. The number of aromatic nitrogens is 2. The SMILES string of the molecule is CCOC(=O)c1ccc(-n2c(CN3CCc4ccccc4C3)nc3ccc([N+](=O)[O-])cc3c2=O)cc1. The number of nitrogens with zero attached hydrogens (tertiary/aromatic N) is 4. The monoisotopic (exact) mass is 484 g/mol. The lowest BCUT2D eigenvalue weighted by molar-refractivity contribution is -0.384. The lowest BCUT2D eigenvalue weighted by Gasteiger charge is -2.29. The van der Waals surface area contributed by atoms with Gasteiger partial charge in [0.05, 0.1) is 40.2 Å². The topological polar surface area (TPSA) is 108 Å². The van der Waals surface area contributed by atoms with Gasteiger partial charge in [-0.05, 0) is 54.8 Å². The molecule has 0 aliphatic carbocycles. The summed E-state index contributed by atoms with van der Waals surface area (Å²) >= 11 is 0. The maximum atomic E-state index is 13.7. The first kappa shape index (κ1) is 23.4. The summed E-state index contributed by atoms with van der Waals surface area (Å²) < 4.78 is 6.53. The van der Waals surface area contributed by atoms with Crippen LogP contribution < -0.4 is 5.56 Å². The molecule has 0 unspecified atom stereocenters. The van der Waals surface area contributed by atoms with Gasteiger partial charge in [-0.25, -0.2) is 9.78 Å². The Bertz CT molecular complexity index is 1530. The molecule has 4 aromatic rings. The third kappa shape index (κ3) is 4.48. The third-order valence-electron chi connectivity index (χ3n) is 6.34. The summed E-state index contributed by atoms with van der Waals surface area (Å²) in [4.78, 5) is 43.5. The van der Waals surface area contributed by atoms with Gasteiger partial charge in [0.25, 0.3) is 11.2 Å². The average Bonchev–Trinajstić information content (AvgIpc) is 2.89. The third-order valence-corrected chi connectivity index (χ3v) is 6.34. The molecule has 9 nitrogen and oxygen atoms in total. The maximum Gasteiger partial charge on any atom is 0.338 e. The molecule has 1 aliphatic heterocycles. The van der Waals surface area contributed by atoms with Gasteiger partial charge in [-0.15, -0.1) is 0 Å². The number of carbonyl (C=O) groups excluding carboxylic acids is 1.